The fourth-order valence-corrected chi connectivity index (χ4v) is 3.65. The monoisotopic (exact) mass is 423 g/mol. The molecule has 3 rings (SSSR count). The summed E-state index contributed by atoms with van der Waals surface area (Å²) in [5, 5.41) is 5.11. The SMILES string of the molecule is COc1ccc(C2=C(c3ccc(S(N)(=O)=O)cc3)COC2=O)cc1Br. The number of carbonyl (C=O) groups is 1. The number of ether oxygens (including phenoxy) is 2. The minimum Gasteiger partial charge on any atom is -0.496 e. The zero-order valence-electron chi connectivity index (χ0n) is 13.2. The predicted molar refractivity (Wildman–Crippen MR) is 96.3 cm³/mol. The number of halogens is 1. The smallest absolute Gasteiger partial charge is 0.339 e. The van der Waals surface area contributed by atoms with E-state index in [1.165, 1.54) is 12.1 Å². The van der Waals surface area contributed by atoms with E-state index in [0.717, 1.165) is 0 Å². The Morgan fingerprint density at radius 1 is 1.12 bits per heavy atom. The Bertz CT molecular complexity index is 981. The topological polar surface area (TPSA) is 95.7 Å². The summed E-state index contributed by atoms with van der Waals surface area (Å²) in [6, 6.07) is 11.3. The molecule has 0 saturated carbocycles. The van der Waals surface area contributed by atoms with Gasteiger partial charge in [-0.15, -0.1) is 0 Å². The van der Waals surface area contributed by atoms with Crippen LogP contribution in [-0.2, 0) is 19.6 Å². The molecule has 1 aliphatic rings. The largest absolute Gasteiger partial charge is 0.496 e. The first-order valence-electron chi connectivity index (χ1n) is 7.18. The highest BCUT2D eigenvalue weighted by Crippen LogP contribution is 2.36. The van der Waals surface area contributed by atoms with Gasteiger partial charge in [-0.25, -0.2) is 18.4 Å². The average molecular weight is 424 g/mol. The van der Waals surface area contributed by atoms with E-state index in [9.17, 15) is 13.2 Å². The first kappa shape index (κ1) is 17.7. The van der Waals surface area contributed by atoms with E-state index < -0.39 is 16.0 Å². The molecule has 0 unspecified atom stereocenters. The summed E-state index contributed by atoms with van der Waals surface area (Å²) in [4.78, 5) is 12.2. The van der Waals surface area contributed by atoms with Crippen molar-refractivity contribution >= 4 is 43.1 Å². The zero-order chi connectivity index (χ0) is 18.2. The van der Waals surface area contributed by atoms with Crippen molar-refractivity contribution in [2.75, 3.05) is 13.7 Å². The molecule has 0 aromatic heterocycles. The lowest BCUT2D eigenvalue weighted by Crippen LogP contribution is -2.11. The molecule has 25 heavy (non-hydrogen) atoms. The molecular weight excluding hydrogens is 410 g/mol. The summed E-state index contributed by atoms with van der Waals surface area (Å²) < 4.78 is 33.8. The summed E-state index contributed by atoms with van der Waals surface area (Å²) in [5.74, 6) is 0.220. The molecule has 2 aromatic carbocycles. The molecule has 2 N–H and O–H groups in total. The van der Waals surface area contributed by atoms with Gasteiger partial charge in [-0.3, -0.25) is 0 Å². The number of benzene rings is 2. The first-order chi connectivity index (χ1) is 11.8. The molecule has 0 atom stereocenters. The summed E-state index contributed by atoms with van der Waals surface area (Å²) in [6.07, 6.45) is 0. The van der Waals surface area contributed by atoms with Crippen molar-refractivity contribution in [1.29, 1.82) is 0 Å². The summed E-state index contributed by atoms with van der Waals surface area (Å²) in [7, 11) is -2.21. The van der Waals surface area contributed by atoms with Gasteiger partial charge in [0.2, 0.25) is 10.0 Å². The predicted octanol–water partition coefficient (Wildman–Crippen LogP) is 2.57. The number of primary sulfonamides is 1. The molecule has 0 amide bonds. The van der Waals surface area contributed by atoms with E-state index in [1.807, 2.05) is 0 Å². The fourth-order valence-electron chi connectivity index (χ4n) is 2.59. The molecular formula is C17H14BrNO5S. The molecule has 6 nitrogen and oxygen atoms in total. The number of rotatable bonds is 4. The number of esters is 1. The molecule has 0 spiro atoms. The number of nitrogens with two attached hydrogens (primary N) is 1. The highest BCUT2D eigenvalue weighted by molar-refractivity contribution is 9.10. The van der Waals surface area contributed by atoms with Gasteiger partial charge in [0.15, 0.2) is 0 Å². The Labute approximate surface area is 153 Å². The Kier molecular flexibility index (Phi) is 4.68. The van der Waals surface area contributed by atoms with E-state index >= 15 is 0 Å². The standard InChI is InChI=1S/C17H14BrNO5S/c1-23-15-7-4-11(8-14(15)18)16-13(9-24-17(16)20)10-2-5-12(6-3-10)25(19,21)22/h2-8H,9H2,1H3,(H2,19,21,22). The summed E-state index contributed by atoms with van der Waals surface area (Å²) in [5.41, 5.74) is 2.50. The van der Waals surface area contributed by atoms with Gasteiger partial charge in [0.05, 0.1) is 22.1 Å². The van der Waals surface area contributed by atoms with Crippen molar-refractivity contribution in [2.24, 2.45) is 5.14 Å². The number of carbonyl (C=O) groups excluding carboxylic acids is 1. The third-order valence-electron chi connectivity index (χ3n) is 3.83. The third-order valence-corrected chi connectivity index (χ3v) is 5.37. The lowest BCUT2D eigenvalue weighted by molar-refractivity contribution is -0.133. The van der Waals surface area contributed by atoms with Crippen LogP contribution in [0.4, 0.5) is 0 Å². The van der Waals surface area contributed by atoms with Gasteiger partial charge >= 0.3 is 5.97 Å². The molecule has 2 aromatic rings. The van der Waals surface area contributed by atoms with Gasteiger partial charge in [-0.05, 0) is 51.3 Å². The highest BCUT2D eigenvalue weighted by Gasteiger charge is 2.27. The van der Waals surface area contributed by atoms with Crippen LogP contribution in [0.5, 0.6) is 5.75 Å². The van der Waals surface area contributed by atoms with Crippen LogP contribution in [0.15, 0.2) is 51.8 Å². The van der Waals surface area contributed by atoms with Crippen molar-refractivity contribution in [2.45, 2.75) is 4.90 Å². The normalized spacial score (nSPS) is 14.6. The van der Waals surface area contributed by atoms with E-state index in [0.29, 0.717) is 32.5 Å². The van der Waals surface area contributed by atoms with Crippen LogP contribution >= 0.6 is 15.9 Å². The Morgan fingerprint density at radius 3 is 2.32 bits per heavy atom. The second kappa shape index (κ2) is 6.62. The first-order valence-corrected chi connectivity index (χ1v) is 9.52. The summed E-state index contributed by atoms with van der Waals surface area (Å²) >= 11 is 3.40. The van der Waals surface area contributed by atoms with Crippen molar-refractivity contribution in [3.63, 3.8) is 0 Å². The van der Waals surface area contributed by atoms with Crippen molar-refractivity contribution in [1.82, 2.24) is 0 Å². The van der Waals surface area contributed by atoms with Crippen LogP contribution in [-0.4, -0.2) is 28.1 Å². The molecule has 1 aliphatic heterocycles. The van der Waals surface area contributed by atoms with Gasteiger partial charge in [0, 0.05) is 5.57 Å². The molecule has 1 heterocycles. The third kappa shape index (κ3) is 3.46. The fraction of sp³-hybridized carbons (Fsp3) is 0.118. The van der Waals surface area contributed by atoms with Crippen molar-refractivity contribution in [3.05, 3.63) is 58.1 Å². The van der Waals surface area contributed by atoms with Crippen molar-refractivity contribution in [3.8, 4) is 5.75 Å². The second-order valence-electron chi connectivity index (χ2n) is 5.35. The lowest BCUT2D eigenvalue weighted by Gasteiger charge is -2.08. The number of hydrogen-bond acceptors (Lipinski definition) is 5. The second-order valence-corrected chi connectivity index (χ2v) is 7.76. The Morgan fingerprint density at radius 2 is 1.76 bits per heavy atom. The number of cyclic esters (lactones) is 1. The van der Waals surface area contributed by atoms with E-state index in [2.05, 4.69) is 15.9 Å². The number of sulfonamides is 1. The molecule has 0 radical (unpaired) electrons. The maximum Gasteiger partial charge on any atom is 0.339 e. The average Bonchev–Trinajstić information content (AvgIpc) is 2.95. The molecule has 0 fully saturated rings. The van der Waals surface area contributed by atoms with E-state index in [-0.39, 0.29) is 11.5 Å². The van der Waals surface area contributed by atoms with Crippen molar-refractivity contribution < 1.29 is 22.7 Å². The Hall–Kier alpha value is -2.16. The van der Waals surface area contributed by atoms with Crippen LogP contribution in [0.25, 0.3) is 11.1 Å². The minimum absolute atomic E-state index is 0.0100. The van der Waals surface area contributed by atoms with Crippen LogP contribution in [0, 0.1) is 0 Å². The molecule has 8 heteroatoms. The number of hydrogen-bond donors (Lipinski definition) is 1. The lowest BCUT2D eigenvalue weighted by atomic mass is 9.97. The maximum atomic E-state index is 12.2. The molecule has 0 aliphatic carbocycles. The highest BCUT2D eigenvalue weighted by atomic mass is 79.9. The number of methoxy groups -OCH3 is 1. The van der Waals surface area contributed by atoms with Gasteiger partial charge in [-0.1, -0.05) is 18.2 Å². The zero-order valence-corrected chi connectivity index (χ0v) is 15.6. The molecule has 0 saturated heterocycles. The van der Waals surface area contributed by atoms with Gasteiger partial charge in [0.1, 0.15) is 12.4 Å². The van der Waals surface area contributed by atoms with Crippen LogP contribution < -0.4 is 9.88 Å². The van der Waals surface area contributed by atoms with E-state index in [4.69, 9.17) is 14.6 Å². The Balaban J connectivity index is 2.09. The van der Waals surface area contributed by atoms with Crippen LogP contribution in [0.2, 0.25) is 0 Å². The molecule has 0 bridgehead atoms. The molecule has 130 valence electrons. The van der Waals surface area contributed by atoms with E-state index in [1.54, 1.807) is 37.4 Å². The van der Waals surface area contributed by atoms with Crippen LogP contribution in [0.1, 0.15) is 11.1 Å². The minimum atomic E-state index is -3.77. The maximum absolute atomic E-state index is 12.2. The quantitative estimate of drug-likeness (QED) is 0.762. The summed E-state index contributed by atoms with van der Waals surface area (Å²) in [6.45, 7) is 0.118. The van der Waals surface area contributed by atoms with Gasteiger partial charge < -0.3 is 9.47 Å². The van der Waals surface area contributed by atoms with Gasteiger partial charge in [-0.2, -0.15) is 0 Å². The van der Waals surface area contributed by atoms with Gasteiger partial charge in [0.25, 0.3) is 0 Å². The van der Waals surface area contributed by atoms with Crippen LogP contribution in [0.3, 0.4) is 0 Å².